The van der Waals surface area contributed by atoms with Crippen molar-refractivity contribution in [2.75, 3.05) is 13.2 Å². The summed E-state index contributed by atoms with van der Waals surface area (Å²) in [5.41, 5.74) is 1.60. The number of carbonyl (C=O) groups excluding carboxylic acids is 1. The van der Waals surface area contributed by atoms with Gasteiger partial charge in [-0.2, -0.15) is 5.10 Å². The molecule has 1 aromatic heterocycles. The second kappa shape index (κ2) is 5.63. The van der Waals surface area contributed by atoms with Crippen LogP contribution in [-0.4, -0.2) is 45.3 Å². The minimum Gasteiger partial charge on any atom is -0.396 e. The number of aromatic amines is 1. The van der Waals surface area contributed by atoms with E-state index in [0.29, 0.717) is 5.56 Å². The van der Waals surface area contributed by atoms with Crippen LogP contribution >= 0.6 is 0 Å². The Kier molecular flexibility index (Phi) is 3.69. The van der Waals surface area contributed by atoms with Crippen molar-refractivity contribution >= 4 is 16.8 Å². The summed E-state index contributed by atoms with van der Waals surface area (Å²) in [6, 6.07) is 5.92. The van der Waals surface area contributed by atoms with Crippen molar-refractivity contribution < 1.29 is 9.90 Å². The van der Waals surface area contributed by atoms with E-state index >= 15 is 0 Å². The number of nitrogens with one attached hydrogen (secondary N) is 1. The molecular weight excluding hydrogens is 254 g/mol. The van der Waals surface area contributed by atoms with Gasteiger partial charge in [0.05, 0.1) is 11.7 Å². The average Bonchev–Trinajstić information content (AvgIpc) is 3.12. The number of aromatic nitrogens is 2. The summed E-state index contributed by atoms with van der Waals surface area (Å²) in [6.07, 6.45) is 5.48. The van der Waals surface area contributed by atoms with Crippen molar-refractivity contribution in [1.82, 2.24) is 15.1 Å². The number of likely N-dealkylation sites (tertiary alicyclic amines) is 1. The molecule has 106 valence electrons. The predicted octanol–water partition coefficient (Wildman–Crippen LogP) is 1.94. The molecule has 5 nitrogen and oxygen atoms in total. The molecule has 5 heteroatoms. The highest BCUT2D eigenvalue weighted by Crippen LogP contribution is 2.24. The normalized spacial score (nSPS) is 18.9. The largest absolute Gasteiger partial charge is 0.396 e. The van der Waals surface area contributed by atoms with Gasteiger partial charge in [-0.15, -0.1) is 0 Å². The molecule has 1 aromatic carbocycles. The van der Waals surface area contributed by atoms with Gasteiger partial charge in [-0.05, 0) is 37.8 Å². The molecule has 2 aromatic rings. The number of nitrogens with zero attached hydrogens (tertiary/aromatic N) is 2. The predicted molar refractivity (Wildman–Crippen MR) is 76.5 cm³/mol. The maximum Gasteiger partial charge on any atom is 0.254 e. The van der Waals surface area contributed by atoms with Gasteiger partial charge in [0.2, 0.25) is 0 Å². The van der Waals surface area contributed by atoms with E-state index in [4.69, 9.17) is 5.11 Å². The summed E-state index contributed by atoms with van der Waals surface area (Å²) in [6.45, 7) is 1.01. The van der Waals surface area contributed by atoms with E-state index in [1.54, 1.807) is 6.20 Å². The van der Waals surface area contributed by atoms with Crippen molar-refractivity contribution in [3.63, 3.8) is 0 Å². The molecule has 1 fully saturated rings. The summed E-state index contributed by atoms with van der Waals surface area (Å²) in [5, 5.41) is 16.8. The molecule has 1 saturated heterocycles. The van der Waals surface area contributed by atoms with Gasteiger partial charge in [0.25, 0.3) is 5.91 Å². The first kappa shape index (κ1) is 13.1. The third-order valence-corrected chi connectivity index (χ3v) is 4.02. The monoisotopic (exact) mass is 273 g/mol. The lowest BCUT2D eigenvalue weighted by atomic mass is 10.1. The van der Waals surface area contributed by atoms with Crippen LogP contribution in [0.25, 0.3) is 10.9 Å². The van der Waals surface area contributed by atoms with Gasteiger partial charge >= 0.3 is 0 Å². The highest BCUT2D eigenvalue weighted by molar-refractivity contribution is 5.98. The molecule has 1 unspecified atom stereocenters. The van der Waals surface area contributed by atoms with Gasteiger partial charge in [0.15, 0.2) is 0 Å². The first-order valence-corrected chi connectivity index (χ1v) is 7.14. The maximum atomic E-state index is 12.6. The van der Waals surface area contributed by atoms with Gasteiger partial charge in [-0.3, -0.25) is 9.89 Å². The Morgan fingerprint density at radius 2 is 2.40 bits per heavy atom. The maximum absolute atomic E-state index is 12.6. The van der Waals surface area contributed by atoms with Gasteiger partial charge in [0.1, 0.15) is 0 Å². The van der Waals surface area contributed by atoms with E-state index in [9.17, 15) is 4.79 Å². The molecule has 1 aliphatic rings. The topological polar surface area (TPSA) is 69.2 Å². The van der Waals surface area contributed by atoms with E-state index in [2.05, 4.69) is 10.2 Å². The van der Waals surface area contributed by atoms with Gasteiger partial charge in [0, 0.05) is 30.1 Å². The zero-order chi connectivity index (χ0) is 13.9. The third kappa shape index (κ3) is 2.41. The number of carbonyl (C=O) groups is 1. The number of amides is 1. The minimum absolute atomic E-state index is 0.0851. The Bertz CT molecular complexity index is 608. The molecule has 3 rings (SSSR count). The van der Waals surface area contributed by atoms with E-state index in [0.717, 1.165) is 43.1 Å². The van der Waals surface area contributed by atoms with Crippen molar-refractivity contribution in [3.05, 3.63) is 30.0 Å². The molecule has 2 N–H and O–H groups in total. The summed E-state index contributed by atoms with van der Waals surface area (Å²) in [5.74, 6) is 0.0851. The number of aliphatic hydroxyl groups is 1. The lowest BCUT2D eigenvalue weighted by Gasteiger charge is -2.24. The van der Waals surface area contributed by atoms with Crippen LogP contribution < -0.4 is 0 Å². The van der Waals surface area contributed by atoms with E-state index in [1.165, 1.54) is 0 Å². The average molecular weight is 273 g/mol. The highest BCUT2D eigenvalue weighted by atomic mass is 16.3. The first-order chi connectivity index (χ1) is 9.79. The van der Waals surface area contributed by atoms with Gasteiger partial charge in [-0.1, -0.05) is 6.07 Å². The van der Waals surface area contributed by atoms with Crippen LogP contribution in [-0.2, 0) is 0 Å². The first-order valence-electron chi connectivity index (χ1n) is 7.14. The fourth-order valence-corrected chi connectivity index (χ4v) is 2.97. The smallest absolute Gasteiger partial charge is 0.254 e. The van der Waals surface area contributed by atoms with Crippen LogP contribution in [0.1, 0.15) is 36.0 Å². The quantitative estimate of drug-likeness (QED) is 0.894. The lowest BCUT2D eigenvalue weighted by molar-refractivity contribution is 0.0724. The Morgan fingerprint density at radius 1 is 1.50 bits per heavy atom. The summed E-state index contributed by atoms with van der Waals surface area (Å²) in [7, 11) is 0. The van der Waals surface area contributed by atoms with Crippen LogP contribution in [0.5, 0.6) is 0 Å². The van der Waals surface area contributed by atoms with Gasteiger partial charge in [-0.25, -0.2) is 0 Å². The van der Waals surface area contributed by atoms with Crippen molar-refractivity contribution in [2.45, 2.75) is 31.7 Å². The summed E-state index contributed by atoms with van der Waals surface area (Å²) < 4.78 is 0. The molecule has 1 amide bonds. The summed E-state index contributed by atoms with van der Waals surface area (Å²) in [4.78, 5) is 14.6. The Hall–Kier alpha value is -1.88. The SMILES string of the molecule is O=C(c1ccc2cn[nH]c2c1)N1CCCC1CCCO. The molecule has 2 heterocycles. The molecule has 0 radical (unpaired) electrons. The molecule has 0 bridgehead atoms. The second-order valence-electron chi connectivity index (χ2n) is 5.33. The van der Waals surface area contributed by atoms with Crippen LogP contribution in [0.15, 0.2) is 24.4 Å². The lowest BCUT2D eigenvalue weighted by Crippen LogP contribution is -2.35. The van der Waals surface area contributed by atoms with Crippen LogP contribution in [0.4, 0.5) is 0 Å². The number of hydrogen-bond donors (Lipinski definition) is 2. The number of H-pyrrole nitrogens is 1. The molecule has 0 spiro atoms. The van der Waals surface area contributed by atoms with Crippen molar-refractivity contribution in [1.29, 1.82) is 0 Å². The molecule has 20 heavy (non-hydrogen) atoms. The third-order valence-electron chi connectivity index (χ3n) is 4.02. The van der Waals surface area contributed by atoms with Crippen LogP contribution in [0.3, 0.4) is 0 Å². The van der Waals surface area contributed by atoms with Crippen molar-refractivity contribution in [2.24, 2.45) is 0 Å². The molecule has 0 aliphatic carbocycles. The number of rotatable bonds is 4. The van der Waals surface area contributed by atoms with E-state index < -0.39 is 0 Å². The van der Waals surface area contributed by atoms with E-state index in [1.807, 2.05) is 23.1 Å². The zero-order valence-corrected chi connectivity index (χ0v) is 11.4. The fraction of sp³-hybridized carbons (Fsp3) is 0.467. The molecule has 1 aliphatic heterocycles. The minimum atomic E-state index is 0.0851. The number of aliphatic hydroxyl groups excluding tert-OH is 1. The zero-order valence-electron chi connectivity index (χ0n) is 11.4. The summed E-state index contributed by atoms with van der Waals surface area (Å²) >= 11 is 0. The highest BCUT2D eigenvalue weighted by Gasteiger charge is 2.28. The van der Waals surface area contributed by atoms with Gasteiger partial charge < -0.3 is 10.0 Å². The van der Waals surface area contributed by atoms with Crippen LogP contribution in [0.2, 0.25) is 0 Å². The molecule has 0 saturated carbocycles. The van der Waals surface area contributed by atoms with Crippen LogP contribution in [0, 0.1) is 0 Å². The van der Waals surface area contributed by atoms with Crippen molar-refractivity contribution in [3.8, 4) is 0 Å². The Morgan fingerprint density at radius 3 is 3.25 bits per heavy atom. The van der Waals surface area contributed by atoms with E-state index in [-0.39, 0.29) is 18.6 Å². The molecular formula is C15H19N3O2. The Balaban J connectivity index is 1.79. The number of benzene rings is 1. The Labute approximate surface area is 117 Å². The number of fused-ring (bicyclic) bond motifs is 1. The second-order valence-corrected chi connectivity index (χ2v) is 5.33. The molecule has 1 atom stereocenters. The number of hydrogen-bond acceptors (Lipinski definition) is 3. The fourth-order valence-electron chi connectivity index (χ4n) is 2.97. The standard InChI is InChI=1S/C15H19N3O2/c19-8-2-4-13-3-1-7-18(13)15(20)11-5-6-12-10-16-17-14(12)9-11/h5-6,9-10,13,19H,1-4,7-8H2,(H,16,17).